The fourth-order valence-corrected chi connectivity index (χ4v) is 5.67. The number of benzene rings is 3. The molecule has 3 aromatic carbocycles. The van der Waals surface area contributed by atoms with Crippen molar-refractivity contribution < 1.29 is 0 Å². The Balaban J connectivity index is 1.46. The van der Waals surface area contributed by atoms with E-state index in [1.165, 1.54) is 66.8 Å². The van der Waals surface area contributed by atoms with Crippen LogP contribution in [-0.4, -0.2) is 0 Å². The van der Waals surface area contributed by atoms with Crippen LogP contribution in [0.1, 0.15) is 71.6 Å². The average molecular weight is 469 g/mol. The summed E-state index contributed by atoms with van der Waals surface area (Å²) in [6.45, 7) is 10.9. The third kappa shape index (κ3) is 5.00. The summed E-state index contributed by atoms with van der Waals surface area (Å²) in [6.07, 6.45) is 14.4. The molecule has 0 atom stereocenters. The molecule has 0 amide bonds. The van der Waals surface area contributed by atoms with Gasteiger partial charge in [0.05, 0.1) is 0 Å². The Hall–Kier alpha value is -3.64. The van der Waals surface area contributed by atoms with Gasteiger partial charge >= 0.3 is 0 Å². The van der Waals surface area contributed by atoms with Gasteiger partial charge in [-0.2, -0.15) is 0 Å². The minimum absolute atomic E-state index is 0.972. The van der Waals surface area contributed by atoms with E-state index in [0.717, 1.165) is 32.1 Å². The first-order valence-electron chi connectivity index (χ1n) is 13.2. The first-order chi connectivity index (χ1) is 17.5. The maximum atomic E-state index is 4.19. The Bertz CT molecular complexity index is 1420. The van der Waals surface area contributed by atoms with Gasteiger partial charge in [-0.1, -0.05) is 97.1 Å². The highest BCUT2D eigenvalue weighted by Gasteiger charge is 2.18. The van der Waals surface area contributed by atoms with Crippen molar-refractivity contribution in [3.05, 3.63) is 148 Å². The molecular formula is C36H36. The van der Waals surface area contributed by atoms with E-state index in [9.17, 15) is 0 Å². The number of allylic oxidation sites excluding steroid dienone is 9. The molecule has 0 spiro atoms. The number of hydrogen-bond acceptors (Lipinski definition) is 0. The molecule has 0 saturated heterocycles. The Morgan fingerprint density at radius 1 is 0.778 bits per heavy atom. The third-order valence-corrected chi connectivity index (χ3v) is 7.74. The molecule has 0 radical (unpaired) electrons. The Morgan fingerprint density at radius 2 is 1.61 bits per heavy atom. The second kappa shape index (κ2) is 10.5. The zero-order chi connectivity index (χ0) is 25.1. The molecule has 0 fully saturated rings. The van der Waals surface area contributed by atoms with Crippen LogP contribution in [-0.2, 0) is 6.42 Å². The van der Waals surface area contributed by atoms with Crippen LogP contribution < -0.4 is 0 Å². The normalized spacial score (nSPS) is 15.8. The van der Waals surface area contributed by atoms with Crippen LogP contribution in [0.25, 0.3) is 16.7 Å². The molecule has 0 heterocycles. The SMILES string of the molecule is C=CC1=C(c2ccc(Cc3ccccc3)cc2C)CCC(c2ccc(C)c(C3=C(C)CCC=C3)c2)=C1. The zero-order valence-electron chi connectivity index (χ0n) is 21.9. The largest absolute Gasteiger partial charge is 0.0985 e. The quantitative estimate of drug-likeness (QED) is 0.338. The van der Waals surface area contributed by atoms with Crippen molar-refractivity contribution in [1.82, 2.24) is 0 Å². The predicted octanol–water partition coefficient (Wildman–Crippen LogP) is 9.83. The van der Waals surface area contributed by atoms with E-state index >= 15 is 0 Å². The molecule has 0 saturated carbocycles. The van der Waals surface area contributed by atoms with Gasteiger partial charge in [0.25, 0.3) is 0 Å². The maximum Gasteiger partial charge on any atom is -0.00257 e. The van der Waals surface area contributed by atoms with Crippen LogP contribution >= 0.6 is 0 Å². The first-order valence-corrected chi connectivity index (χ1v) is 13.2. The molecule has 2 aliphatic rings. The molecular weight excluding hydrogens is 432 g/mol. The van der Waals surface area contributed by atoms with Gasteiger partial charge in [0.2, 0.25) is 0 Å². The Labute approximate surface area is 217 Å². The molecule has 2 aliphatic carbocycles. The molecule has 0 aromatic heterocycles. The molecule has 0 unspecified atom stereocenters. The molecule has 180 valence electrons. The summed E-state index contributed by atoms with van der Waals surface area (Å²) < 4.78 is 0. The van der Waals surface area contributed by atoms with Crippen LogP contribution in [0.15, 0.2) is 109 Å². The van der Waals surface area contributed by atoms with Crippen molar-refractivity contribution in [3.8, 4) is 0 Å². The lowest BCUT2D eigenvalue weighted by Crippen LogP contribution is -2.02. The van der Waals surface area contributed by atoms with Crippen molar-refractivity contribution in [2.75, 3.05) is 0 Å². The van der Waals surface area contributed by atoms with E-state index in [2.05, 4.69) is 112 Å². The van der Waals surface area contributed by atoms with Gasteiger partial charge in [-0.3, -0.25) is 0 Å². The smallest absolute Gasteiger partial charge is 0.00257 e. The predicted molar refractivity (Wildman–Crippen MR) is 157 cm³/mol. The summed E-state index contributed by atoms with van der Waals surface area (Å²) in [5, 5.41) is 0. The van der Waals surface area contributed by atoms with Crippen molar-refractivity contribution in [2.24, 2.45) is 0 Å². The molecule has 0 N–H and O–H groups in total. The van der Waals surface area contributed by atoms with Gasteiger partial charge in [0.15, 0.2) is 0 Å². The van der Waals surface area contributed by atoms with Gasteiger partial charge in [0, 0.05) is 0 Å². The average Bonchev–Trinajstić information content (AvgIpc) is 2.90. The van der Waals surface area contributed by atoms with Gasteiger partial charge in [-0.15, -0.1) is 0 Å². The summed E-state index contributed by atoms with van der Waals surface area (Å²) in [5.41, 5.74) is 16.5. The first kappa shape index (κ1) is 24.1. The topological polar surface area (TPSA) is 0 Å². The summed E-state index contributed by atoms with van der Waals surface area (Å²) in [7, 11) is 0. The highest BCUT2D eigenvalue weighted by molar-refractivity contribution is 5.86. The van der Waals surface area contributed by atoms with Gasteiger partial charge in [-0.05, 0) is 120 Å². The molecule has 5 rings (SSSR count). The second-order valence-electron chi connectivity index (χ2n) is 10.3. The van der Waals surface area contributed by atoms with Crippen molar-refractivity contribution in [3.63, 3.8) is 0 Å². The summed E-state index contributed by atoms with van der Waals surface area (Å²) in [6, 6.07) is 24.7. The van der Waals surface area contributed by atoms with Crippen LogP contribution in [0.2, 0.25) is 0 Å². The summed E-state index contributed by atoms with van der Waals surface area (Å²) in [5.74, 6) is 0. The van der Waals surface area contributed by atoms with E-state index in [1.54, 1.807) is 0 Å². The van der Waals surface area contributed by atoms with Crippen LogP contribution in [0.3, 0.4) is 0 Å². The van der Waals surface area contributed by atoms with E-state index in [4.69, 9.17) is 0 Å². The standard InChI is InChI=1S/C36H36/c1-5-30-23-31(32-17-15-26(3)36(24-32)33-14-10-9-11-25(33)2)18-20-35(30)34-19-16-29(21-27(34)4)22-28-12-7-6-8-13-28/h5-8,10,12-17,19,21,23-24H,1,9,11,18,20,22H2,2-4H3. The van der Waals surface area contributed by atoms with Crippen LogP contribution in [0.4, 0.5) is 0 Å². The summed E-state index contributed by atoms with van der Waals surface area (Å²) >= 11 is 0. The molecule has 0 aliphatic heterocycles. The number of rotatable bonds is 6. The van der Waals surface area contributed by atoms with Crippen molar-refractivity contribution >= 4 is 16.7 Å². The zero-order valence-corrected chi connectivity index (χ0v) is 21.9. The van der Waals surface area contributed by atoms with Crippen LogP contribution in [0, 0.1) is 13.8 Å². The van der Waals surface area contributed by atoms with E-state index in [0.29, 0.717) is 0 Å². The molecule has 0 bridgehead atoms. The molecule has 3 aromatic rings. The Kier molecular flexibility index (Phi) is 7.05. The lowest BCUT2D eigenvalue weighted by molar-refractivity contribution is 0.966. The van der Waals surface area contributed by atoms with E-state index in [1.807, 2.05) is 6.08 Å². The van der Waals surface area contributed by atoms with Gasteiger partial charge in [-0.25, -0.2) is 0 Å². The Morgan fingerprint density at radius 3 is 2.36 bits per heavy atom. The molecule has 0 nitrogen and oxygen atoms in total. The number of aryl methyl sites for hydroxylation is 2. The monoisotopic (exact) mass is 468 g/mol. The fourth-order valence-electron chi connectivity index (χ4n) is 5.67. The second-order valence-corrected chi connectivity index (χ2v) is 10.3. The fraction of sp³-hybridized carbons (Fsp3) is 0.222. The summed E-state index contributed by atoms with van der Waals surface area (Å²) in [4.78, 5) is 0. The van der Waals surface area contributed by atoms with Crippen molar-refractivity contribution in [2.45, 2.75) is 52.9 Å². The molecule has 0 heteroatoms. The van der Waals surface area contributed by atoms with Crippen LogP contribution in [0.5, 0.6) is 0 Å². The minimum atomic E-state index is 0.972. The number of hydrogen-bond donors (Lipinski definition) is 0. The van der Waals surface area contributed by atoms with Gasteiger partial charge in [0.1, 0.15) is 0 Å². The molecule has 36 heavy (non-hydrogen) atoms. The minimum Gasteiger partial charge on any atom is -0.0985 e. The highest BCUT2D eigenvalue weighted by Crippen LogP contribution is 2.39. The van der Waals surface area contributed by atoms with Crippen molar-refractivity contribution in [1.29, 1.82) is 0 Å². The lowest BCUT2D eigenvalue weighted by Gasteiger charge is -2.22. The van der Waals surface area contributed by atoms with Gasteiger partial charge < -0.3 is 0 Å². The maximum absolute atomic E-state index is 4.19. The van der Waals surface area contributed by atoms with E-state index in [-0.39, 0.29) is 0 Å². The van der Waals surface area contributed by atoms with E-state index < -0.39 is 0 Å². The highest BCUT2D eigenvalue weighted by atomic mass is 14.2. The lowest BCUT2D eigenvalue weighted by atomic mass is 9.82. The third-order valence-electron chi connectivity index (χ3n) is 7.74.